The van der Waals surface area contributed by atoms with Gasteiger partial charge in [-0.15, -0.1) is 0 Å². The van der Waals surface area contributed by atoms with Gasteiger partial charge in [0.05, 0.1) is 11.9 Å². The monoisotopic (exact) mass is 301 g/mol. The van der Waals surface area contributed by atoms with Gasteiger partial charge in [0.15, 0.2) is 0 Å². The van der Waals surface area contributed by atoms with E-state index in [9.17, 15) is 0 Å². The summed E-state index contributed by atoms with van der Waals surface area (Å²) < 4.78 is 0. The van der Waals surface area contributed by atoms with E-state index in [1.165, 1.54) is 16.9 Å². The van der Waals surface area contributed by atoms with E-state index < -0.39 is 0 Å². The molecule has 1 aromatic carbocycles. The zero-order valence-corrected chi connectivity index (χ0v) is 13.3. The Bertz CT molecular complexity index is 634. The third kappa shape index (κ3) is 3.13. The van der Waals surface area contributed by atoms with E-state index in [-0.39, 0.29) is 0 Å². The third-order valence-corrected chi connectivity index (χ3v) is 4.41. The maximum Gasteiger partial charge on any atom is 0.132 e. The minimum atomic E-state index is 0.595. The number of aromatic nitrogens is 1. The molecule has 3 nitrogen and oxygen atoms in total. The summed E-state index contributed by atoms with van der Waals surface area (Å²) in [6.07, 6.45) is 1.87. The summed E-state index contributed by atoms with van der Waals surface area (Å²) in [5, 5.41) is 0.595. The van der Waals surface area contributed by atoms with Gasteiger partial charge in [-0.2, -0.15) is 0 Å². The smallest absolute Gasteiger partial charge is 0.132 e. The molecule has 21 heavy (non-hydrogen) atoms. The van der Waals surface area contributed by atoms with Crippen LogP contribution in [0.5, 0.6) is 0 Å². The van der Waals surface area contributed by atoms with Crippen LogP contribution in [-0.4, -0.2) is 31.2 Å². The summed E-state index contributed by atoms with van der Waals surface area (Å²) in [6.45, 7) is 8.23. The number of halogens is 1. The van der Waals surface area contributed by atoms with Crippen LogP contribution in [0.1, 0.15) is 11.1 Å². The molecule has 2 heterocycles. The van der Waals surface area contributed by atoms with Gasteiger partial charge in [0.2, 0.25) is 0 Å². The number of rotatable bonds is 2. The molecule has 1 aliphatic heterocycles. The predicted octanol–water partition coefficient (Wildman–Crippen LogP) is 3.68. The molecule has 110 valence electrons. The zero-order chi connectivity index (χ0) is 14.8. The molecule has 1 aromatic heterocycles. The standard InChI is InChI=1S/C17H20ClN3/c1-13-4-3-5-15(10-13)20-6-8-21(9-7-20)16-11-14(2)17(18)19-12-16/h3-5,10-12H,6-9H2,1-2H3. The Morgan fingerprint density at radius 2 is 1.62 bits per heavy atom. The third-order valence-electron chi connectivity index (χ3n) is 4.01. The molecule has 0 atom stereocenters. The summed E-state index contributed by atoms with van der Waals surface area (Å²) in [6, 6.07) is 10.8. The number of hydrogen-bond acceptors (Lipinski definition) is 3. The van der Waals surface area contributed by atoms with Gasteiger partial charge in [-0.05, 0) is 43.2 Å². The molecule has 1 aliphatic rings. The van der Waals surface area contributed by atoms with Gasteiger partial charge in [0.25, 0.3) is 0 Å². The lowest BCUT2D eigenvalue weighted by atomic mass is 10.2. The number of nitrogens with zero attached hydrogens (tertiary/aromatic N) is 3. The summed E-state index contributed by atoms with van der Waals surface area (Å²) in [7, 11) is 0. The lowest BCUT2D eigenvalue weighted by molar-refractivity contribution is 0.652. The first-order chi connectivity index (χ1) is 10.1. The predicted molar refractivity (Wildman–Crippen MR) is 89.6 cm³/mol. The summed E-state index contributed by atoms with van der Waals surface area (Å²) in [5.41, 5.74) is 4.84. The van der Waals surface area contributed by atoms with Crippen LogP contribution in [-0.2, 0) is 0 Å². The van der Waals surface area contributed by atoms with Crippen LogP contribution >= 0.6 is 11.6 Å². The first-order valence-corrected chi connectivity index (χ1v) is 7.70. The summed E-state index contributed by atoms with van der Waals surface area (Å²) in [5.74, 6) is 0. The highest BCUT2D eigenvalue weighted by Gasteiger charge is 2.18. The van der Waals surface area contributed by atoms with Crippen LogP contribution in [0, 0.1) is 13.8 Å². The minimum absolute atomic E-state index is 0.595. The normalized spacial score (nSPS) is 15.4. The fourth-order valence-electron chi connectivity index (χ4n) is 2.76. The number of piperazine rings is 1. The maximum absolute atomic E-state index is 6.00. The highest BCUT2D eigenvalue weighted by atomic mass is 35.5. The molecule has 0 saturated carbocycles. The van der Waals surface area contributed by atoms with Crippen molar-refractivity contribution in [2.45, 2.75) is 13.8 Å². The van der Waals surface area contributed by atoms with E-state index in [1.807, 2.05) is 13.1 Å². The average Bonchev–Trinajstić information content (AvgIpc) is 2.50. The first-order valence-electron chi connectivity index (χ1n) is 7.32. The molecule has 0 spiro atoms. The lowest BCUT2D eigenvalue weighted by Crippen LogP contribution is -2.46. The van der Waals surface area contributed by atoms with Crippen LogP contribution in [0.15, 0.2) is 36.5 Å². The van der Waals surface area contributed by atoms with E-state index >= 15 is 0 Å². The van der Waals surface area contributed by atoms with E-state index in [0.29, 0.717) is 5.15 Å². The molecule has 0 radical (unpaired) electrons. The van der Waals surface area contributed by atoms with Crippen LogP contribution in [0.25, 0.3) is 0 Å². The minimum Gasteiger partial charge on any atom is -0.368 e. The zero-order valence-electron chi connectivity index (χ0n) is 12.5. The quantitative estimate of drug-likeness (QED) is 0.789. The van der Waals surface area contributed by atoms with Gasteiger partial charge in [0.1, 0.15) is 5.15 Å². The summed E-state index contributed by atoms with van der Waals surface area (Å²) in [4.78, 5) is 9.07. The molecule has 3 rings (SSSR count). The van der Waals surface area contributed by atoms with Crippen LogP contribution in [0.3, 0.4) is 0 Å². The van der Waals surface area contributed by atoms with Crippen molar-refractivity contribution in [3.8, 4) is 0 Å². The van der Waals surface area contributed by atoms with Crippen molar-refractivity contribution in [2.75, 3.05) is 36.0 Å². The Hall–Kier alpha value is -1.74. The van der Waals surface area contributed by atoms with Crippen LogP contribution < -0.4 is 9.80 Å². The van der Waals surface area contributed by atoms with Crippen molar-refractivity contribution in [3.63, 3.8) is 0 Å². The van der Waals surface area contributed by atoms with Crippen molar-refractivity contribution in [1.82, 2.24) is 4.98 Å². The van der Waals surface area contributed by atoms with Crippen LogP contribution in [0.4, 0.5) is 11.4 Å². The number of aryl methyl sites for hydroxylation is 2. The van der Waals surface area contributed by atoms with Gasteiger partial charge in [-0.3, -0.25) is 0 Å². The Labute approximate surface area is 131 Å². The molecule has 0 N–H and O–H groups in total. The number of anilines is 2. The molecular weight excluding hydrogens is 282 g/mol. The Kier molecular flexibility index (Phi) is 4.02. The average molecular weight is 302 g/mol. The molecule has 2 aromatic rings. The van der Waals surface area contributed by atoms with Crippen molar-refractivity contribution >= 4 is 23.0 Å². The van der Waals surface area contributed by atoms with Crippen LogP contribution in [0.2, 0.25) is 5.15 Å². The molecule has 1 fully saturated rings. The second-order valence-corrected chi connectivity index (χ2v) is 5.97. The SMILES string of the molecule is Cc1cccc(N2CCN(c3cnc(Cl)c(C)c3)CC2)c1. The summed E-state index contributed by atoms with van der Waals surface area (Å²) >= 11 is 6.00. The van der Waals surface area contributed by atoms with Gasteiger partial charge < -0.3 is 9.80 Å². The number of hydrogen-bond donors (Lipinski definition) is 0. The number of pyridine rings is 1. The molecule has 0 bridgehead atoms. The Morgan fingerprint density at radius 1 is 0.952 bits per heavy atom. The number of benzene rings is 1. The van der Waals surface area contributed by atoms with Gasteiger partial charge in [-0.25, -0.2) is 4.98 Å². The Morgan fingerprint density at radius 3 is 2.24 bits per heavy atom. The van der Waals surface area contributed by atoms with Crippen molar-refractivity contribution in [3.05, 3.63) is 52.8 Å². The highest BCUT2D eigenvalue weighted by molar-refractivity contribution is 6.30. The van der Waals surface area contributed by atoms with E-state index in [4.69, 9.17) is 11.6 Å². The highest BCUT2D eigenvalue weighted by Crippen LogP contribution is 2.23. The van der Waals surface area contributed by atoms with Gasteiger partial charge >= 0.3 is 0 Å². The first kappa shape index (κ1) is 14.2. The lowest BCUT2D eigenvalue weighted by Gasteiger charge is -2.37. The van der Waals surface area contributed by atoms with Crippen molar-refractivity contribution < 1.29 is 0 Å². The molecule has 1 saturated heterocycles. The molecule has 4 heteroatoms. The van der Waals surface area contributed by atoms with Gasteiger partial charge in [0, 0.05) is 31.9 Å². The van der Waals surface area contributed by atoms with Crippen molar-refractivity contribution in [1.29, 1.82) is 0 Å². The largest absolute Gasteiger partial charge is 0.368 e. The fourth-order valence-corrected chi connectivity index (χ4v) is 2.87. The second-order valence-electron chi connectivity index (χ2n) is 5.61. The molecule has 0 amide bonds. The fraction of sp³-hybridized carbons (Fsp3) is 0.353. The topological polar surface area (TPSA) is 19.4 Å². The molecular formula is C17H20ClN3. The second kappa shape index (κ2) is 5.94. The van der Waals surface area contributed by atoms with E-state index in [1.54, 1.807) is 0 Å². The molecule has 0 aliphatic carbocycles. The van der Waals surface area contributed by atoms with Crippen molar-refractivity contribution in [2.24, 2.45) is 0 Å². The Balaban J connectivity index is 1.68. The molecule has 0 unspecified atom stereocenters. The maximum atomic E-state index is 6.00. The van der Waals surface area contributed by atoms with E-state index in [2.05, 4.69) is 52.0 Å². The van der Waals surface area contributed by atoms with Gasteiger partial charge in [-0.1, -0.05) is 23.7 Å². The van der Waals surface area contributed by atoms with E-state index in [0.717, 1.165) is 31.7 Å².